The van der Waals surface area contributed by atoms with Crippen molar-refractivity contribution in [3.63, 3.8) is 0 Å². The molecule has 1 aliphatic rings. The van der Waals surface area contributed by atoms with E-state index in [1.165, 1.54) is 17.6 Å². The van der Waals surface area contributed by atoms with Crippen LogP contribution in [0.1, 0.15) is 26.3 Å². The monoisotopic (exact) mass is 215 g/mol. The van der Waals surface area contributed by atoms with Gasteiger partial charge in [-0.05, 0) is 24.5 Å². The zero-order valence-electron chi connectivity index (χ0n) is 9.77. The number of fused-ring (bicyclic) bond motifs is 3. The molecule has 1 atom stereocenters. The van der Waals surface area contributed by atoms with Crippen LogP contribution in [-0.4, -0.2) is 16.3 Å². The molecule has 0 amide bonds. The SMILES string of the molecule is CC(C)C1CCNc2c3ccccc3nn21. The van der Waals surface area contributed by atoms with Crippen molar-refractivity contribution >= 4 is 16.7 Å². The Morgan fingerprint density at radius 3 is 3.00 bits per heavy atom. The van der Waals surface area contributed by atoms with Crippen molar-refractivity contribution in [2.45, 2.75) is 26.3 Å². The Kier molecular flexibility index (Phi) is 2.13. The minimum Gasteiger partial charge on any atom is -0.370 e. The van der Waals surface area contributed by atoms with Crippen LogP contribution in [0.5, 0.6) is 0 Å². The Morgan fingerprint density at radius 2 is 2.19 bits per heavy atom. The summed E-state index contributed by atoms with van der Waals surface area (Å²) in [6.45, 7) is 5.59. The molecule has 0 radical (unpaired) electrons. The van der Waals surface area contributed by atoms with E-state index < -0.39 is 0 Å². The molecule has 0 fully saturated rings. The number of anilines is 1. The van der Waals surface area contributed by atoms with Crippen molar-refractivity contribution in [3.8, 4) is 0 Å². The highest BCUT2D eigenvalue weighted by molar-refractivity contribution is 5.90. The van der Waals surface area contributed by atoms with E-state index in [9.17, 15) is 0 Å². The zero-order valence-corrected chi connectivity index (χ0v) is 9.77. The Labute approximate surface area is 95.5 Å². The third kappa shape index (κ3) is 1.31. The third-order valence-electron chi connectivity index (χ3n) is 3.42. The first kappa shape index (κ1) is 9.70. The molecule has 1 unspecified atom stereocenters. The van der Waals surface area contributed by atoms with Gasteiger partial charge in [0.1, 0.15) is 5.82 Å². The average molecular weight is 215 g/mol. The molecule has 0 saturated heterocycles. The lowest BCUT2D eigenvalue weighted by molar-refractivity contribution is 0.325. The van der Waals surface area contributed by atoms with Crippen LogP contribution < -0.4 is 5.32 Å². The Bertz CT molecular complexity index is 513. The summed E-state index contributed by atoms with van der Waals surface area (Å²) < 4.78 is 2.18. The fourth-order valence-electron chi connectivity index (χ4n) is 2.54. The van der Waals surface area contributed by atoms with Gasteiger partial charge in [-0.3, -0.25) is 0 Å². The van der Waals surface area contributed by atoms with Crippen molar-refractivity contribution in [1.29, 1.82) is 0 Å². The van der Waals surface area contributed by atoms with Crippen LogP contribution in [0.25, 0.3) is 10.9 Å². The smallest absolute Gasteiger partial charge is 0.132 e. The molecule has 1 N–H and O–H groups in total. The molecular weight excluding hydrogens is 198 g/mol. The van der Waals surface area contributed by atoms with Crippen molar-refractivity contribution in [2.75, 3.05) is 11.9 Å². The van der Waals surface area contributed by atoms with Gasteiger partial charge in [0.15, 0.2) is 0 Å². The summed E-state index contributed by atoms with van der Waals surface area (Å²) in [6.07, 6.45) is 1.17. The Morgan fingerprint density at radius 1 is 1.38 bits per heavy atom. The van der Waals surface area contributed by atoms with Gasteiger partial charge in [0.2, 0.25) is 0 Å². The van der Waals surface area contributed by atoms with Gasteiger partial charge in [-0.15, -0.1) is 0 Å². The van der Waals surface area contributed by atoms with Gasteiger partial charge in [-0.2, -0.15) is 5.10 Å². The van der Waals surface area contributed by atoms with E-state index in [-0.39, 0.29) is 0 Å². The summed E-state index contributed by atoms with van der Waals surface area (Å²) in [5, 5.41) is 9.42. The largest absolute Gasteiger partial charge is 0.370 e. The maximum absolute atomic E-state index is 4.71. The van der Waals surface area contributed by atoms with Crippen molar-refractivity contribution in [1.82, 2.24) is 9.78 Å². The van der Waals surface area contributed by atoms with E-state index in [2.05, 4.69) is 42.0 Å². The number of rotatable bonds is 1. The minimum atomic E-state index is 0.531. The number of benzene rings is 1. The van der Waals surface area contributed by atoms with E-state index >= 15 is 0 Å². The third-order valence-corrected chi connectivity index (χ3v) is 3.42. The van der Waals surface area contributed by atoms with E-state index in [1.807, 2.05) is 6.07 Å². The molecule has 3 rings (SSSR count). The average Bonchev–Trinajstić information content (AvgIpc) is 2.67. The maximum atomic E-state index is 4.71. The number of nitrogens with zero attached hydrogens (tertiary/aromatic N) is 2. The molecule has 16 heavy (non-hydrogen) atoms. The van der Waals surface area contributed by atoms with Gasteiger partial charge in [-0.1, -0.05) is 26.0 Å². The second kappa shape index (κ2) is 3.51. The van der Waals surface area contributed by atoms with Crippen LogP contribution in [0.3, 0.4) is 0 Å². The fourth-order valence-corrected chi connectivity index (χ4v) is 2.54. The van der Waals surface area contributed by atoms with Crippen LogP contribution in [0.2, 0.25) is 0 Å². The molecule has 3 nitrogen and oxygen atoms in total. The van der Waals surface area contributed by atoms with E-state index in [1.54, 1.807) is 0 Å². The topological polar surface area (TPSA) is 29.9 Å². The highest BCUT2D eigenvalue weighted by atomic mass is 15.4. The van der Waals surface area contributed by atoms with Crippen molar-refractivity contribution in [3.05, 3.63) is 24.3 Å². The molecule has 1 aliphatic heterocycles. The first-order valence-electron chi connectivity index (χ1n) is 5.98. The van der Waals surface area contributed by atoms with Crippen LogP contribution in [0, 0.1) is 5.92 Å². The molecule has 0 saturated carbocycles. The summed E-state index contributed by atoms with van der Waals surface area (Å²) in [7, 11) is 0. The van der Waals surface area contributed by atoms with Crippen LogP contribution in [0.4, 0.5) is 5.82 Å². The van der Waals surface area contributed by atoms with Gasteiger partial charge < -0.3 is 5.32 Å². The molecule has 3 heteroatoms. The highest BCUT2D eigenvalue weighted by Crippen LogP contribution is 2.33. The van der Waals surface area contributed by atoms with E-state index in [0.29, 0.717) is 12.0 Å². The molecule has 2 aromatic rings. The first-order valence-corrected chi connectivity index (χ1v) is 5.98. The predicted molar refractivity (Wildman–Crippen MR) is 66.7 cm³/mol. The van der Waals surface area contributed by atoms with Gasteiger partial charge in [0.25, 0.3) is 0 Å². The molecule has 0 aliphatic carbocycles. The Balaban J connectivity index is 2.21. The molecule has 2 heterocycles. The van der Waals surface area contributed by atoms with Gasteiger partial charge in [0, 0.05) is 11.9 Å². The normalized spacial score (nSPS) is 19.8. The first-order chi connectivity index (χ1) is 7.77. The highest BCUT2D eigenvalue weighted by Gasteiger charge is 2.24. The van der Waals surface area contributed by atoms with Crippen molar-refractivity contribution in [2.24, 2.45) is 5.92 Å². The molecule has 0 spiro atoms. The van der Waals surface area contributed by atoms with Crippen molar-refractivity contribution < 1.29 is 0 Å². The summed E-state index contributed by atoms with van der Waals surface area (Å²) in [5.41, 5.74) is 1.09. The van der Waals surface area contributed by atoms with Crippen LogP contribution in [0.15, 0.2) is 24.3 Å². The number of nitrogens with one attached hydrogen (secondary N) is 1. The molecule has 1 aromatic carbocycles. The number of aromatic nitrogens is 2. The molecular formula is C13H17N3. The summed E-state index contributed by atoms with van der Waals surface area (Å²) in [4.78, 5) is 0. The predicted octanol–water partition coefficient (Wildman–Crippen LogP) is 3.05. The summed E-state index contributed by atoms with van der Waals surface area (Å²) in [6, 6.07) is 8.88. The lowest BCUT2D eigenvalue weighted by Crippen LogP contribution is -2.26. The molecule has 1 aromatic heterocycles. The maximum Gasteiger partial charge on any atom is 0.132 e. The van der Waals surface area contributed by atoms with Gasteiger partial charge in [0.05, 0.1) is 11.6 Å². The van der Waals surface area contributed by atoms with Gasteiger partial charge in [-0.25, -0.2) is 4.68 Å². The second-order valence-electron chi connectivity index (χ2n) is 4.84. The quantitative estimate of drug-likeness (QED) is 0.792. The molecule has 0 bridgehead atoms. The lowest BCUT2D eigenvalue weighted by atomic mass is 10.00. The number of hydrogen-bond donors (Lipinski definition) is 1. The van der Waals surface area contributed by atoms with E-state index in [0.717, 1.165) is 12.1 Å². The molecule has 84 valence electrons. The second-order valence-corrected chi connectivity index (χ2v) is 4.84. The lowest BCUT2D eigenvalue weighted by Gasteiger charge is -2.28. The van der Waals surface area contributed by atoms with Crippen LogP contribution in [-0.2, 0) is 0 Å². The standard InChI is InChI=1S/C13H17N3/c1-9(2)12-7-8-14-13-10-5-3-4-6-11(10)15-16(12)13/h3-6,9,12,14H,7-8H2,1-2H3. The summed E-state index contributed by atoms with van der Waals surface area (Å²) in [5.74, 6) is 1.83. The van der Waals surface area contributed by atoms with Gasteiger partial charge >= 0.3 is 0 Å². The number of hydrogen-bond acceptors (Lipinski definition) is 2. The van der Waals surface area contributed by atoms with E-state index in [4.69, 9.17) is 5.10 Å². The summed E-state index contributed by atoms with van der Waals surface area (Å²) >= 11 is 0. The Hall–Kier alpha value is -1.51. The van der Waals surface area contributed by atoms with Crippen LogP contribution >= 0.6 is 0 Å². The zero-order chi connectivity index (χ0) is 11.1. The minimum absolute atomic E-state index is 0.531. The fraction of sp³-hybridized carbons (Fsp3) is 0.462.